The first-order valence-electron chi connectivity index (χ1n) is 5.65. The van der Waals surface area contributed by atoms with Crippen molar-refractivity contribution in [1.29, 1.82) is 0 Å². The van der Waals surface area contributed by atoms with E-state index in [1.807, 2.05) is 6.92 Å². The van der Waals surface area contributed by atoms with E-state index in [1.165, 1.54) is 17.8 Å². The van der Waals surface area contributed by atoms with Crippen LogP contribution in [0, 0.1) is 6.92 Å². The van der Waals surface area contributed by atoms with Crippen LogP contribution in [0.1, 0.15) is 19.0 Å². The first-order chi connectivity index (χ1) is 7.97. The monoisotopic (exact) mass is 255 g/mol. The number of aliphatic hydroxyl groups is 1. The van der Waals surface area contributed by atoms with E-state index in [0.29, 0.717) is 17.3 Å². The lowest BCUT2D eigenvalue weighted by molar-refractivity contribution is 0.0354. The Labute approximate surface area is 104 Å². The van der Waals surface area contributed by atoms with Gasteiger partial charge in [0.15, 0.2) is 5.16 Å². The summed E-state index contributed by atoms with van der Waals surface area (Å²) in [5.41, 5.74) is -0.179. The van der Waals surface area contributed by atoms with Crippen molar-refractivity contribution in [1.82, 2.24) is 15.3 Å². The number of aromatic nitrogens is 2. The smallest absolute Gasteiger partial charge is 0.251 e. The molecular formula is C11H17N3O2S. The highest BCUT2D eigenvalue weighted by Gasteiger charge is 2.35. The average molecular weight is 255 g/mol. The highest BCUT2D eigenvalue weighted by molar-refractivity contribution is 7.99. The Kier molecular flexibility index (Phi) is 3.56. The molecule has 1 aliphatic rings. The highest BCUT2D eigenvalue weighted by Crippen LogP contribution is 2.31. The molecule has 0 spiro atoms. The summed E-state index contributed by atoms with van der Waals surface area (Å²) in [6, 6.07) is 1.46. The minimum atomic E-state index is -0.724. The Morgan fingerprint density at radius 3 is 3.06 bits per heavy atom. The van der Waals surface area contributed by atoms with E-state index >= 15 is 0 Å². The number of thioether (sulfide) groups is 1. The van der Waals surface area contributed by atoms with Crippen molar-refractivity contribution < 1.29 is 5.11 Å². The molecule has 0 saturated carbocycles. The summed E-state index contributed by atoms with van der Waals surface area (Å²) in [6.45, 7) is 5.16. The average Bonchev–Trinajstić information content (AvgIpc) is 2.19. The summed E-state index contributed by atoms with van der Waals surface area (Å²) in [5, 5.41) is 14.1. The number of aryl methyl sites for hydroxylation is 1. The van der Waals surface area contributed by atoms with Crippen LogP contribution >= 0.6 is 11.8 Å². The van der Waals surface area contributed by atoms with Gasteiger partial charge in [0, 0.05) is 18.3 Å². The first kappa shape index (κ1) is 12.6. The molecule has 1 aromatic heterocycles. The van der Waals surface area contributed by atoms with Gasteiger partial charge in [0.25, 0.3) is 5.56 Å². The molecule has 0 radical (unpaired) electrons. The molecule has 94 valence electrons. The summed E-state index contributed by atoms with van der Waals surface area (Å²) >= 11 is 1.42. The van der Waals surface area contributed by atoms with Crippen LogP contribution in [0.3, 0.4) is 0 Å². The van der Waals surface area contributed by atoms with Crippen molar-refractivity contribution in [3.8, 4) is 0 Å². The SMILES string of the molecule is Cc1cc(=O)[nH]c(SC2CNCCC2(C)O)n1. The molecule has 0 bridgehead atoms. The second kappa shape index (κ2) is 4.80. The maximum atomic E-state index is 11.3. The molecule has 1 saturated heterocycles. The van der Waals surface area contributed by atoms with Gasteiger partial charge in [-0.2, -0.15) is 0 Å². The molecule has 3 N–H and O–H groups in total. The molecule has 2 heterocycles. The zero-order chi connectivity index (χ0) is 12.5. The zero-order valence-corrected chi connectivity index (χ0v) is 10.8. The molecule has 1 aromatic rings. The van der Waals surface area contributed by atoms with E-state index < -0.39 is 5.60 Å². The molecule has 2 atom stereocenters. The zero-order valence-electron chi connectivity index (χ0n) is 9.99. The predicted molar refractivity (Wildman–Crippen MR) is 67.4 cm³/mol. The van der Waals surface area contributed by atoms with E-state index in [2.05, 4.69) is 15.3 Å². The summed E-state index contributed by atoms with van der Waals surface area (Å²) < 4.78 is 0. The number of H-pyrrole nitrogens is 1. The van der Waals surface area contributed by atoms with Crippen molar-refractivity contribution >= 4 is 11.8 Å². The molecule has 0 amide bonds. The van der Waals surface area contributed by atoms with Gasteiger partial charge in [0.05, 0.1) is 10.9 Å². The molecule has 0 aromatic carbocycles. The number of aromatic amines is 1. The fourth-order valence-corrected chi connectivity index (χ4v) is 3.06. The molecule has 0 aliphatic carbocycles. The van der Waals surface area contributed by atoms with Gasteiger partial charge in [-0.1, -0.05) is 11.8 Å². The van der Waals surface area contributed by atoms with Crippen LogP contribution in [0.25, 0.3) is 0 Å². The number of piperidine rings is 1. The van der Waals surface area contributed by atoms with Crippen LogP contribution in [0.4, 0.5) is 0 Å². The Morgan fingerprint density at radius 2 is 2.41 bits per heavy atom. The van der Waals surface area contributed by atoms with Crippen molar-refractivity contribution in [2.24, 2.45) is 0 Å². The van der Waals surface area contributed by atoms with Gasteiger partial charge in [0.2, 0.25) is 0 Å². The van der Waals surface area contributed by atoms with Crippen molar-refractivity contribution in [3.05, 3.63) is 22.1 Å². The topological polar surface area (TPSA) is 78.0 Å². The second-order valence-electron chi connectivity index (χ2n) is 4.61. The maximum absolute atomic E-state index is 11.3. The third-order valence-corrected chi connectivity index (χ3v) is 4.31. The molecule has 6 heteroatoms. The van der Waals surface area contributed by atoms with Crippen LogP contribution in [-0.4, -0.2) is 39.0 Å². The molecule has 1 aliphatic heterocycles. The lowest BCUT2D eigenvalue weighted by Gasteiger charge is -2.36. The number of nitrogens with one attached hydrogen (secondary N) is 2. The molecule has 2 unspecified atom stereocenters. The van der Waals surface area contributed by atoms with Crippen molar-refractivity contribution in [2.45, 2.75) is 36.3 Å². The minimum absolute atomic E-state index is 0.00111. The number of nitrogens with zero attached hydrogens (tertiary/aromatic N) is 1. The summed E-state index contributed by atoms with van der Waals surface area (Å²) in [5.74, 6) is 0. The van der Waals surface area contributed by atoms with Crippen LogP contribution in [-0.2, 0) is 0 Å². The van der Waals surface area contributed by atoms with Gasteiger partial charge >= 0.3 is 0 Å². The van der Waals surface area contributed by atoms with Crippen LogP contribution in [0.5, 0.6) is 0 Å². The molecule has 5 nitrogen and oxygen atoms in total. The van der Waals surface area contributed by atoms with E-state index in [4.69, 9.17) is 0 Å². The van der Waals surface area contributed by atoms with Crippen molar-refractivity contribution in [3.63, 3.8) is 0 Å². The number of hydrogen-bond acceptors (Lipinski definition) is 5. The number of rotatable bonds is 2. The molecule has 1 fully saturated rings. The Morgan fingerprint density at radius 1 is 1.65 bits per heavy atom. The second-order valence-corrected chi connectivity index (χ2v) is 5.80. The lowest BCUT2D eigenvalue weighted by atomic mass is 9.94. The number of hydrogen-bond donors (Lipinski definition) is 3. The normalized spacial score (nSPS) is 29.2. The van der Waals surface area contributed by atoms with E-state index in [9.17, 15) is 9.90 Å². The fourth-order valence-electron chi connectivity index (χ4n) is 1.87. The third-order valence-electron chi connectivity index (χ3n) is 2.93. The summed E-state index contributed by atoms with van der Waals surface area (Å²) in [6.07, 6.45) is 0.709. The largest absolute Gasteiger partial charge is 0.389 e. The third kappa shape index (κ3) is 3.08. The quantitative estimate of drug-likeness (QED) is 0.662. The molecular weight excluding hydrogens is 238 g/mol. The summed E-state index contributed by atoms with van der Waals surface area (Å²) in [7, 11) is 0. The summed E-state index contributed by atoms with van der Waals surface area (Å²) in [4.78, 5) is 18.3. The van der Waals surface area contributed by atoms with Crippen LogP contribution in [0.2, 0.25) is 0 Å². The van der Waals surface area contributed by atoms with E-state index in [0.717, 1.165) is 13.1 Å². The van der Waals surface area contributed by atoms with Crippen molar-refractivity contribution in [2.75, 3.05) is 13.1 Å². The minimum Gasteiger partial charge on any atom is -0.389 e. The standard InChI is InChI=1S/C11H17N3O2S/c1-7-5-9(15)14-10(13-7)17-8-6-12-4-3-11(8,2)16/h5,8,12,16H,3-4,6H2,1-2H3,(H,13,14,15). The first-order valence-corrected chi connectivity index (χ1v) is 6.53. The van der Waals surface area contributed by atoms with Crippen LogP contribution in [0.15, 0.2) is 16.0 Å². The Balaban J connectivity index is 2.16. The van der Waals surface area contributed by atoms with Gasteiger partial charge in [-0.05, 0) is 26.8 Å². The highest BCUT2D eigenvalue weighted by atomic mass is 32.2. The van der Waals surface area contributed by atoms with E-state index in [1.54, 1.807) is 6.92 Å². The van der Waals surface area contributed by atoms with E-state index in [-0.39, 0.29) is 10.8 Å². The molecule has 17 heavy (non-hydrogen) atoms. The molecule has 2 rings (SSSR count). The van der Waals surface area contributed by atoms with Crippen LogP contribution < -0.4 is 10.9 Å². The predicted octanol–water partition coefficient (Wildman–Crippen LogP) is 0.283. The van der Waals surface area contributed by atoms with Gasteiger partial charge < -0.3 is 15.4 Å². The fraction of sp³-hybridized carbons (Fsp3) is 0.636. The van der Waals surface area contributed by atoms with Gasteiger partial charge in [-0.25, -0.2) is 4.98 Å². The van der Waals surface area contributed by atoms with Gasteiger partial charge in [-0.3, -0.25) is 4.79 Å². The van der Waals surface area contributed by atoms with Gasteiger partial charge in [-0.15, -0.1) is 0 Å². The Hall–Kier alpha value is -0.850. The lowest BCUT2D eigenvalue weighted by Crippen LogP contribution is -2.50. The van der Waals surface area contributed by atoms with Gasteiger partial charge in [0.1, 0.15) is 0 Å². The maximum Gasteiger partial charge on any atom is 0.251 e. The Bertz CT molecular complexity index is 458.